The van der Waals surface area contributed by atoms with Crippen LogP contribution in [-0.4, -0.2) is 4.98 Å². The lowest BCUT2D eigenvalue weighted by atomic mass is 10.1. The Bertz CT molecular complexity index is 747. The molecule has 0 spiro atoms. The summed E-state index contributed by atoms with van der Waals surface area (Å²) in [5, 5.41) is 2.53. The van der Waals surface area contributed by atoms with Gasteiger partial charge in [-0.2, -0.15) is 0 Å². The van der Waals surface area contributed by atoms with Crippen LogP contribution in [0, 0.1) is 0 Å². The SMILES string of the molecule is Brc1cc(/C=C/c2ccc3ccccc3c2)ccn1. The van der Waals surface area contributed by atoms with Crippen LogP contribution in [0.2, 0.25) is 0 Å². The van der Waals surface area contributed by atoms with E-state index in [0.717, 1.165) is 10.2 Å². The van der Waals surface area contributed by atoms with Gasteiger partial charge in [0.05, 0.1) is 0 Å². The molecule has 0 aliphatic rings. The molecule has 2 aromatic carbocycles. The van der Waals surface area contributed by atoms with Gasteiger partial charge in [0.2, 0.25) is 0 Å². The van der Waals surface area contributed by atoms with Crippen LogP contribution < -0.4 is 0 Å². The van der Waals surface area contributed by atoms with Crippen molar-refractivity contribution < 1.29 is 0 Å². The van der Waals surface area contributed by atoms with Gasteiger partial charge in [-0.3, -0.25) is 0 Å². The van der Waals surface area contributed by atoms with Crippen LogP contribution in [0.4, 0.5) is 0 Å². The van der Waals surface area contributed by atoms with E-state index in [2.05, 4.69) is 75.5 Å². The highest BCUT2D eigenvalue weighted by Gasteiger charge is 1.94. The second-order valence-electron chi connectivity index (χ2n) is 4.35. The zero-order valence-electron chi connectivity index (χ0n) is 10.3. The Morgan fingerprint density at radius 2 is 1.53 bits per heavy atom. The molecule has 92 valence electrons. The van der Waals surface area contributed by atoms with Gasteiger partial charge >= 0.3 is 0 Å². The number of nitrogens with zero attached hydrogens (tertiary/aromatic N) is 1. The fraction of sp³-hybridized carbons (Fsp3) is 0. The van der Waals surface area contributed by atoms with E-state index < -0.39 is 0 Å². The van der Waals surface area contributed by atoms with Crippen molar-refractivity contribution in [2.75, 3.05) is 0 Å². The summed E-state index contributed by atoms with van der Waals surface area (Å²) in [4.78, 5) is 4.12. The molecule has 1 heterocycles. The van der Waals surface area contributed by atoms with Crippen LogP contribution in [0.15, 0.2) is 65.4 Å². The number of fused-ring (bicyclic) bond motifs is 1. The minimum absolute atomic E-state index is 0.855. The average Bonchev–Trinajstić information content (AvgIpc) is 2.45. The van der Waals surface area contributed by atoms with Crippen LogP contribution in [0.3, 0.4) is 0 Å². The van der Waals surface area contributed by atoms with E-state index >= 15 is 0 Å². The van der Waals surface area contributed by atoms with Crippen LogP contribution in [0.1, 0.15) is 11.1 Å². The predicted octanol–water partition coefficient (Wildman–Crippen LogP) is 5.17. The molecule has 0 N–H and O–H groups in total. The Morgan fingerprint density at radius 1 is 0.789 bits per heavy atom. The molecule has 3 rings (SSSR count). The fourth-order valence-electron chi connectivity index (χ4n) is 2.03. The molecule has 0 aliphatic carbocycles. The van der Waals surface area contributed by atoms with Crippen LogP contribution in [0.5, 0.6) is 0 Å². The molecule has 1 nitrogen and oxygen atoms in total. The van der Waals surface area contributed by atoms with Gasteiger partial charge in [0.25, 0.3) is 0 Å². The third kappa shape index (κ3) is 2.91. The van der Waals surface area contributed by atoms with E-state index in [1.165, 1.54) is 16.3 Å². The molecule has 2 heteroatoms. The standard InChI is InChI=1S/C17H12BrN/c18-17-12-14(9-10-19-17)6-5-13-7-8-15-3-1-2-4-16(15)11-13/h1-12H/b6-5+. The average molecular weight is 310 g/mol. The van der Waals surface area contributed by atoms with E-state index in [4.69, 9.17) is 0 Å². The van der Waals surface area contributed by atoms with Crippen molar-refractivity contribution in [3.63, 3.8) is 0 Å². The molecular weight excluding hydrogens is 298 g/mol. The predicted molar refractivity (Wildman–Crippen MR) is 84.8 cm³/mol. The largest absolute Gasteiger partial charge is 0.249 e. The summed E-state index contributed by atoms with van der Waals surface area (Å²) >= 11 is 3.38. The van der Waals surface area contributed by atoms with Gasteiger partial charge < -0.3 is 0 Å². The monoisotopic (exact) mass is 309 g/mol. The molecule has 0 unspecified atom stereocenters. The van der Waals surface area contributed by atoms with Crippen LogP contribution in [-0.2, 0) is 0 Å². The molecule has 0 amide bonds. The first-order valence-corrected chi connectivity index (χ1v) is 6.89. The molecular formula is C17H12BrN. The molecule has 0 bridgehead atoms. The Labute approximate surface area is 120 Å². The maximum atomic E-state index is 4.12. The summed E-state index contributed by atoms with van der Waals surface area (Å²) < 4.78 is 0.855. The van der Waals surface area contributed by atoms with Gasteiger partial charge in [-0.1, -0.05) is 48.6 Å². The summed E-state index contributed by atoms with van der Waals surface area (Å²) in [5.74, 6) is 0. The van der Waals surface area contributed by atoms with E-state index in [1.54, 1.807) is 6.20 Å². The third-order valence-electron chi connectivity index (χ3n) is 2.99. The Kier molecular flexibility index (Phi) is 3.43. The lowest BCUT2D eigenvalue weighted by Crippen LogP contribution is -1.77. The molecule has 0 radical (unpaired) electrons. The van der Waals surface area contributed by atoms with E-state index in [-0.39, 0.29) is 0 Å². The van der Waals surface area contributed by atoms with Crippen LogP contribution >= 0.6 is 15.9 Å². The fourth-order valence-corrected chi connectivity index (χ4v) is 2.41. The number of halogens is 1. The molecule has 0 atom stereocenters. The summed E-state index contributed by atoms with van der Waals surface area (Å²) in [5.41, 5.74) is 2.33. The van der Waals surface area contributed by atoms with Crippen molar-refractivity contribution in [2.45, 2.75) is 0 Å². The molecule has 0 fully saturated rings. The molecule has 1 aromatic heterocycles. The van der Waals surface area contributed by atoms with Crippen molar-refractivity contribution in [2.24, 2.45) is 0 Å². The number of hydrogen-bond donors (Lipinski definition) is 0. The minimum Gasteiger partial charge on any atom is -0.249 e. The van der Waals surface area contributed by atoms with Gasteiger partial charge in [0.1, 0.15) is 4.60 Å². The first kappa shape index (κ1) is 12.1. The lowest BCUT2D eigenvalue weighted by molar-refractivity contribution is 1.27. The summed E-state index contributed by atoms with van der Waals surface area (Å²) in [7, 11) is 0. The summed E-state index contributed by atoms with van der Waals surface area (Å²) in [6.07, 6.45) is 6.01. The Balaban J connectivity index is 1.92. The highest BCUT2D eigenvalue weighted by Crippen LogP contribution is 2.18. The van der Waals surface area contributed by atoms with Gasteiger partial charge in [-0.15, -0.1) is 0 Å². The zero-order chi connectivity index (χ0) is 13.1. The number of benzene rings is 2. The smallest absolute Gasteiger partial charge is 0.106 e. The van der Waals surface area contributed by atoms with Crippen molar-refractivity contribution in [1.29, 1.82) is 0 Å². The van der Waals surface area contributed by atoms with Gasteiger partial charge in [-0.05, 0) is 56.0 Å². The van der Waals surface area contributed by atoms with Crippen molar-refractivity contribution in [1.82, 2.24) is 4.98 Å². The van der Waals surface area contributed by atoms with Gasteiger partial charge in [0, 0.05) is 6.20 Å². The molecule has 0 aliphatic heterocycles. The lowest BCUT2D eigenvalue weighted by Gasteiger charge is -1.99. The van der Waals surface area contributed by atoms with Crippen LogP contribution in [0.25, 0.3) is 22.9 Å². The minimum atomic E-state index is 0.855. The quantitative estimate of drug-likeness (QED) is 0.595. The highest BCUT2D eigenvalue weighted by molar-refractivity contribution is 9.10. The Morgan fingerprint density at radius 3 is 2.32 bits per heavy atom. The highest BCUT2D eigenvalue weighted by atomic mass is 79.9. The second-order valence-corrected chi connectivity index (χ2v) is 5.16. The number of rotatable bonds is 2. The topological polar surface area (TPSA) is 12.9 Å². The number of hydrogen-bond acceptors (Lipinski definition) is 1. The molecule has 0 saturated heterocycles. The first-order chi connectivity index (χ1) is 9.31. The number of pyridine rings is 1. The van der Waals surface area contributed by atoms with E-state index in [1.807, 2.05) is 12.1 Å². The third-order valence-corrected chi connectivity index (χ3v) is 3.43. The molecule has 19 heavy (non-hydrogen) atoms. The van der Waals surface area contributed by atoms with E-state index in [9.17, 15) is 0 Å². The van der Waals surface area contributed by atoms with Crippen molar-refractivity contribution in [3.8, 4) is 0 Å². The molecule has 3 aromatic rings. The Hall–Kier alpha value is -1.93. The summed E-state index contributed by atoms with van der Waals surface area (Å²) in [6, 6.07) is 18.9. The number of aromatic nitrogens is 1. The van der Waals surface area contributed by atoms with Gasteiger partial charge in [0.15, 0.2) is 0 Å². The maximum absolute atomic E-state index is 4.12. The first-order valence-electron chi connectivity index (χ1n) is 6.10. The van der Waals surface area contributed by atoms with Crippen molar-refractivity contribution >= 4 is 38.9 Å². The van der Waals surface area contributed by atoms with E-state index in [0.29, 0.717) is 0 Å². The summed E-state index contributed by atoms with van der Waals surface area (Å²) in [6.45, 7) is 0. The molecule has 0 saturated carbocycles. The van der Waals surface area contributed by atoms with Gasteiger partial charge in [-0.25, -0.2) is 4.98 Å². The maximum Gasteiger partial charge on any atom is 0.106 e. The normalized spacial score (nSPS) is 11.2. The second kappa shape index (κ2) is 5.37. The zero-order valence-corrected chi connectivity index (χ0v) is 11.8. The van der Waals surface area contributed by atoms with Crippen molar-refractivity contribution in [3.05, 3.63) is 76.5 Å².